The highest BCUT2D eigenvalue weighted by Gasteiger charge is 2.89. The van der Waals surface area contributed by atoms with Crippen LogP contribution in [0.25, 0.3) is 0 Å². The van der Waals surface area contributed by atoms with E-state index in [4.69, 9.17) is 33.2 Å². The number of aliphatic hydroxyl groups is 1. The average Bonchev–Trinajstić information content (AvgIpc) is 3.23. The van der Waals surface area contributed by atoms with Crippen molar-refractivity contribution in [3.05, 3.63) is 66.0 Å². The molecule has 51 heavy (non-hydrogen) atoms. The quantitative estimate of drug-likeness (QED) is 0.294. The van der Waals surface area contributed by atoms with E-state index >= 15 is 0 Å². The third kappa shape index (κ3) is 6.33. The van der Waals surface area contributed by atoms with E-state index in [9.17, 15) is 33.9 Å². The summed E-state index contributed by atoms with van der Waals surface area (Å²) in [7, 11) is 0. The number of rotatable bonds is 9. The molecule has 0 amide bonds. The number of ether oxygens (including phenoxy) is 7. The fourth-order valence-corrected chi connectivity index (χ4v) is 8.17. The molecule has 2 aromatic rings. The van der Waals surface area contributed by atoms with E-state index in [1.54, 1.807) is 32.0 Å². The van der Waals surface area contributed by atoms with Gasteiger partial charge in [0.1, 0.15) is 29.8 Å². The van der Waals surface area contributed by atoms with Crippen LogP contribution in [-0.4, -0.2) is 99.8 Å². The molecule has 9 atom stereocenters. The van der Waals surface area contributed by atoms with Crippen molar-refractivity contribution in [2.75, 3.05) is 6.61 Å². The van der Waals surface area contributed by atoms with Crippen LogP contribution in [0.5, 0.6) is 0 Å². The van der Waals surface area contributed by atoms with E-state index in [0.717, 1.165) is 27.7 Å². The standard InChI is InChI=1S/C36H41NO14/c1-19(38)45-18-35-26(49-32(43)24-14-11-15-37-17-24)16-25-28(50-31(42)23-12-9-8-10-13-23)36(35,51-33(25,5)6)34(7,44)29(47-21(3)40)27(46-20(2)39)30(35)48-22(4)41/h8-15,17,25-30,44H,16,18H2,1-7H3/t25-,26+,27+,28-,29+,30+,34+,35-,36+/m1/s1. The third-order valence-electron chi connectivity index (χ3n) is 10.0. The second kappa shape index (κ2) is 13.7. The molecule has 15 nitrogen and oxygen atoms in total. The van der Waals surface area contributed by atoms with Crippen molar-refractivity contribution in [2.24, 2.45) is 11.3 Å². The number of carbonyl (C=O) groups is 6. The molecule has 3 fully saturated rings. The number of esters is 6. The Kier molecular flexibility index (Phi) is 10.0. The van der Waals surface area contributed by atoms with Gasteiger partial charge in [0, 0.05) is 46.0 Å². The van der Waals surface area contributed by atoms with Gasteiger partial charge in [-0.3, -0.25) is 24.2 Å². The van der Waals surface area contributed by atoms with Gasteiger partial charge < -0.3 is 38.3 Å². The molecule has 1 saturated heterocycles. The van der Waals surface area contributed by atoms with Crippen molar-refractivity contribution >= 4 is 35.8 Å². The Hall–Kier alpha value is -4.89. The fourth-order valence-electron chi connectivity index (χ4n) is 8.17. The zero-order chi connectivity index (χ0) is 37.5. The van der Waals surface area contributed by atoms with Crippen LogP contribution in [0, 0.1) is 11.3 Å². The summed E-state index contributed by atoms with van der Waals surface area (Å²) in [5, 5.41) is 13.1. The van der Waals surface area contributed by atoms with Crippen LogP contribution in [0.15, 0.2) is 54.9 Å². The van der Waals surface area contributed by atoms with Crippen LogP contribution in [0.4, 0.5) is 0 Å². The first-order chi connectivity index (χ1) is 23.9. The monoisotopic (exact) mass is 711 g/mol. The van der Waals surface area contributed by atoms with Crippen LogP contribution in [0.1, 0.15) is 75.6 Å². The summed E-state index contributed by atoms with van der Waals surface area (Å²) in [6.45, 7) is 7.99. The molecule has 2 bridgehead atoms. The van der Waals surface area contributed by atoms with Crippen molar-refractivity contribution in [3.63, 3.8) is 0 Å². The van der Waals surface area contributed by atoms with Gasteiger partial charge in [-0.15, -0.1) is 0 Å². The number of aromatic nitrogens is 1. The number of fused-ring (bicyclic) bond motifs is 1. The topological polar surface area (TPSA) is 200 Å². The highest BCUT2D eigenvalue weighted by Crippen LogP contribution is 2.69. The maximum absolute atomic E-state index is 13.9. The Morgan fingerprint density at radius 1 is 0.745 bits per heavy atom. The molecule has 15 heteroatoms. The van der Waals surface area contributed by atoms with E-state index in [1.807, 2.05) is 0 Å². The molecule has 2 saturated carbocycles. The first kappa shape index (κ1) is 37.4. The van der Waals surface area contributed by atoms with Crippen LogP contribution in [-0.2, 0) is 52.3 Å². The molecule has 274 valence electrons. The molecule has 2 heterocycles. The van der Waals surface area contributed by atoms with Gasteiger partial charge in [-0.05, 0) is 51.5 Å². The minimum absolute atomic E-state index is 0.0280. The lowest BCUT2D eigenvalue weighted by molar-refractivity contribution is -0.378. The van der Waals surface area contributed by atoms with Gasteiger partial charge in [0.2, 0.25) is 0 Å². The molecule has 2 aliphatic carbocycles. The molecule has 1 aliphatic heterocycles. The van der Waals surface area contributed by atoms with Gasteiger partial charge >= 0.3 is 35.8 Å². The van der Waals surface area contributed by atoms with Crippen molar-refractivity contribution in [2.45, 2.75) is 102 Å². The molecular weight excluding hydrogens is 670 g/mol. The van der Waals surface area contributed by atoms with Gasteiger partial charge in [-0.1, -0.05) is 18.2 Å². The lowest BCUT2D eigenvalue weighted by Crippen LogP contribution is -2.87. The summed E-state index contributed by atoms with van der Waals surface area (Å²) in [4.78, 5) is 82.8. The van der Waals surface area contributed by atoms with E-state index in [1.165, 1.54) is 43.6 Å². The first-order valence-corrected chi connectivity index (χ1v) is 16.3. The predicted molar refractivity (Wildman–Crippen MR) is 171 cm³/mol. The Bertz CT molecular complexity index is 1690. The second-order valence-corrected chi connectivity index (χ2v) is 13.7. The SMILES string of the molecule is CC(=O)OC[C@]12[C@@H](OC(=O)c3cccnc3)C[C@@H]3[C@@H](OC(=O)c4ccccc4)[C@]1(OC3(C)C)[C@@](C)(O)[C@@H](OC(C)=O)[C@H](OC(C)=O)[C@@H]2OC(C)=O. The lowest BCUT2D eigenvalue weighted by Gasteiger charge is -2.67. The zero-order valence-electron chi connectivity index (χ0n) is 29.3. The summed E-state index contributed by atoms with van der Waals surface area (Å²) in [5.74, 6) is -6.21. The first-order valence-electron chi connectivity index (χ1n) is 16.3. The van der Waals surface area contributed by atoms with Crippen molar-refractivity contribution in [1.29, 1.82) is 0 Å². The molecule has 5 rings (SSSR count). The maximum Gasteiger partial charge on any atom is 0.340 e. The number of pyridine rings is 1. The van der Waals surface area contributed by atoms with E-state index in [-0.39, 0.29) is 17.5 Å². The maximum atomic E-state index is 13.9. The van der Waals surface area contributed by atoms with Crippen LogP contribution >= 0.6 is 0 Å². The Labute approximate surface area is 293 Å². The lowest BCUT2D eigenvalue weighted by atomic mass is 9.45. The van der Waals surface area contributed by atoms with Crippen molar-refractivity contribution < 1.29 is 67.0 Å². The molecule has 0 radical (unpaired) electrons. The summed E-state index contributed by atoms with van der Waals surface area (Å²) >= 11 is 0. The van der Waals surface area contributed by atoms with Crippen LogP contribution in [0.2, 0.25) is 0 Å². The number of carbonyl (C=O) groups excluding carboxylic acids is 6. The number of benzene rings is 1. The van der Waals surface area contributed by atoms with Gasteiger partial charge in [0.05, 0.1) is 16.7 Å². The molecule has 1 spiro atoms. The normalized spacial score (nSPS) is 33.1. The zero-order valence-corrected chi connectivity index (χ0v) is 29.3. The smallest absolute Gasteiger partial charge is 0.340 e. The minimum atomic E-state index is -2.54. The summed E-state index contributed by atoms with van der Waals surface area (Å²) < 4.78 is 42.4. The Morgan fingerprint density at radius 3 is 1.90 bits per heavy atom. The second-order valence-electron chi connectivity index (χ2n) is 13.7. The number of hydrogen-bond donors (Lipinski definition) is 1. The Balaban J connectivity index is 1.87. The largest absolute Gasteiger partial charge is 0.465 e. The van der Waals surface area contributed by atoms with Crippen LogP contribution in [0.3, 0.4) is 0 Å². The molecule has 1 aromatic heterocycles. The minimum Gasteiger partial charge on any atom is -0.465 e. The van der Waals surface area contributed by atoms with E-state index < -0.39 is 101 Å². The van der Waals surface area contributed by atoms with E-state index in [2.05, 4.69) is 4.98 Å². The van der Waals surface area contributed by atoms with Gasteiger partial charge in [0.25, 0.3) is 0 Å². The average molecular weight is 712 g/mol. The van der Waals surface area contributed by atoms with Gasteiger partial charge in [-0.2, -0.15) is 0 Å². The van der Waals surface area contributed by atoms with Gasteiger partial charge in [-0.25, -0.2) is 9.59 Å². The fraction of sp³-hybridized carbons (Fsp3) is 0.528. The summed E-state index contributed by atoms with van der Waals surface area (Å²) in [5.41, 5.74) is -8.30. The third-order valence-corrected chi connectivity index (χ3v) is 10.0. The van der Waals surface area contributed by atoms with Crippen molar-refractivity contribution in [1.82, 2.24) is 4.98 Å². The number of nitrogens with zero attached hydrogens (tertiary/aromatic N) is 1. The van der Waals surface area contributed by atoms with Crippen LogP contribution < -0.4 is 0 Å². The summed E-state index contributed by atoms with van der Waals surface area (Å²) in [6, 6.07) is 10.9. The Morgan fingerprint density at radius 2 is 1.33 bits per heavy atom. The van der Waals surface area contributed by atoms with E-state index in [0.29, 0.717) is 0 Å². The molecule has 3 aliphatic rings. The van der Waals surface area contributed by atoms with Gasteiger partial charge in [0.15, 0.2) is 23.9 Å². The summed E-state index contributed by atoms with van der Waals surface area (Å²) in [6.07, 6.45) is -5.91. The predicted octanol–water partition coefficient (Wildman–Crippen LogP) is 2.51. The highest BCUT2D eigenvalue weighted by molar-refractivity contribution is 5.90. The highest BCUT2D eigenvalue weighted by atomic mass is 16.7. The molecule has 1 aromatic carbocycles. The molecule has 1 N–H and O–H groups in total. The molecule has 0 unspecified atom stereocenters. The number of hydrogen-bond acceptors (Lipinski definition) is 15. The molecular formula is C36H41NO14. The van der Waals surface area contributed by atoms with Crippen molar-refractivity contribution in [3.8, 4) is 0 Å².